The van der Waals surface area contributed by atoms with Gasteiger partial charge in [0.15, 0.2) is 6.10 Å². The van der Waals surface area contributed by atoms with Crippen LogP contribution < -0.4 is 0 Å². The zero-order valence-corrected chi connectivity index (χ0v) is 9.91. The summed E-state index contributed by atoms with van der Waals surface area (Å²) in [5.41, 5.74) is 0.645. The number of hydrogen-bond donors (Lipinski definition) is 2. The molecule has 2 N–H and O–H groups in total. The van der Waals surface area contributed by atoms with Crippen molar-refractivity contribution in [2.24, 2.45) is 0 Å². The van der Waals surface area contributed by atoms with E-state index in [1.165, 1.54) is 36.4 Å². The Hall–Kier alpha value is -1.72. The van der Waals surface area contributed by atoms with E-state index in [1.807, 2.05) is 0 Å². The normalized spacial score (nSPS) is 14.4. The topological polar surface area (TPSA) is 66.8 Å². The van der Waals surface area contributed by atoms with E-state index in [2.05, 4.69) is 4.74 Å². The summed E-state index contributed by atoms with van der Waals surface area (Å²) in [5.74, 6) is -1.24. The zero-order chi connectivity index (χ0) is 13.5. The summed E-state index contributed by atoms with van der Waals surface area (Å²) < 4.78 is 17.2. The van der Waals surface area contributed by atoms with Crippen LogP contribution in [0.15, 0.2) is 30.3 Å². The highest BCUT2D eigenvalue weighted by Gasteiger charge is 2.23. The Kier molecular flexibility index (Phi) is 5.48. The summed E-state index contributed by atoms with van der Waals surface area (Å²) >= 11 is 0. The van der Waals surface area contributed by atoms with Crippen LogP contribution in [0.4, 0.5) is 4.39 Å². The maximum absolute atomic E-state index is 12.6. The minimum Gasteiger partial charge on any atom is -0.464 e. The molecule has 1 aromatic carbocycles. The number of hydrogen-bond acceptors (Lipinski definition) is 4. The van der Waals surface area contributed by atoms with Crippen molar-refractivity contribution in [3.63, 3.8) is 0 Å². The van der Waals surface area contributed by atoms with Gasteiger partial charge in [-0.15, -0.1) is 0 Å². The van der Waals surface area contributed by atoms with Gasteiger partial charge in [0, 0.05) is 0 Å². The maximum Gasteiger partial charge on any atom is 0.338 e. The number of benzene rings is 1. The van der Waals surface area contributed by atoms with E-state index < -0.39 is 18.2 Å². The van der Waals surface area contributed by atoms with Crippen molar-refractivity contribution in [3.8, 4) is 0 Å². The van der Waals surface area contributed by atoms with Crippen LogP contribution in [0.1, 0.15) is 12.5 Å². The highest BCUT2D eigenvalue weighted by atomic mass is 19.1. The monoisotopic (exact) mass is 254 g/mol. The summed E-state index contributed by atoms with van der Waals surface area (Å²) in [6, 6.07) is 5.56. The molecule has 0 saturated heterocycles. The molecular weight excluding hydrogens is 239 g/mol. The lowest BCUT2D eigenvalue weighted by atomic mass is 10.1. The van der Waals surface area contributed by atoms with Crippen molar-refractivity contribution in [1.29, 1.82) is 0 Å². The molecule has 0 aliphatic heterocycles. The molecule has 0 heterocycles. The average Bonchev–Trinajstić information content (AvgIpc) is 2.37. The van der Waals surface area contributed by atoms with Gasteiger partial charge in [0.2, 0.25) is 0 Å². The van der Waals surface area contributed by atoms with E-state index >= 15 is 0 Å². The van der Waals surface area contributed by atoms with Gasteiger partial charge in [-0.1, -0.05) is 24.3 Å². The summed E-state index contributed by atoms with van der Waals surface area (Å²) in [7, 11) is 0. The molecule has 4 nitrogen and oxygen atoms in total. The summed E-state index contributed by atoms with van der Waals surface area (Å²) in [5, 5.41) is 18.9. The molecule has 5 heteroatoms. The molecule has 0 aliphatic carbocycles. The van der Waals surface area contributed by atoms with Crippen molar-refractivity contribution in [3.05, 3.63) is 41.7 Å². The molecular formula is C13H15FO4. The van der Waals surface area contributed by atoms with Gasteiger partial charge in [0.05, 0.1) is 6.61 Å². The van der Waals surface area contributed by atoms with E-state index in [0.29, 0.717) is 5.56 Å². The highest BCUT2D eigenvalue weighted by Crippen LogP contribution is 2.07. The van der Waals surface area contributed by atoms with Gasteiger partial charge in [0.1, 0.15) is 11.9 Å². The van der Waals surface area contributed by atoms with E-state index in [0.717, 1.165) is 0 Å². The molecule has 0 amide bonds. The average molecular weight is 254 g/mol. The smallest absolute Gasteiger partial charge is 0.338 e. The van der Waals surface area contributed by atoms with Gasteiger partial charge in [0.25, 0.3) is 0 Å². The third-order valence-corrected chi connectivity index (χ3v) is 2.21. The summed E-state index contributed by atoms with van der Waals surface area (Å²) in [6.45, 7) is 1.73. The second kappa shape index (κ2) is 6.88. The number of aliphatic hydroxyl groups excluding tert-OH is 2. The van der Waals surface area contributed by atoms with Crippen molar-refractivity contribution in [2.45, 2.75) is 19.1 Å². The van der Waals surface area contributed by atoms with Crippen LogP contribution in [0.25, 0.3) is 6.08 Å². The first-order valence-electron chi connectivity index (χ1n) is 5.51. The molecule has 2 atom stereocenters. The predicted molar refractivity (Wildman–Crippen MR) is 64.1 cm³/mol. The van der Waals surface area contributed by atoms with Crippen LogP contribution in [0.5, 0.6) is 0 Å². The first-order valence-corrected chi connectivity index (χ1v) is 5.51. The van der Waals surface area contributed by atoms with Crippen LogP contribution in [-0.4, -0.2) is 35.0 Å². The van der Waals surface area contributed by atoms with Crippen molar-refractivity contribution >= 4 is 12.0 Å². The molecule has 0 bridgehead atoms. The number of rotatable bonds is 5. The van der Waals surface area contributed by atoms with Crippen LogP contribution in [0.2, 0.25) is 0 Å². The molecule has 0 aliphatic rings. The van der Waals surface area contributed by atoms with Gasteiger partial charge in [-0.3, -0.25) is 0 Å². The van der Waals surface area contributed by atoms with Gasteiger partial charge in [-0.25, -0.2) is 9.18 Å². The molecule has 0 saturated carbocycles. The SMILES string of the molecule is CCOC(=O)[C@@H](O)[C@H](O)/C=C/c1ccc(F)cc1. The number of carbonyl (C=O) groups excluding carboxylic acids is 1. The third-order valence-electron chi connectivity index (χ3n) is 2.21. The quantitative estimate of drug-likeness (QED) is 0.773. The van der Waals surface area contributed by atoms with E-state index in [1.54, 1.807) is 6.92 Å². The summed E-state index contributed by atoms with van der Waals surface area (Å²) in [4.78, 5) is 11.1. The maximum atomic E-state index is 12.6. The van der Waals surface area contributed by atoms with Crippen LogP contribution in [-0.2, 0) is 9.53 Å². The van der Waals surface area contributed by atoms with Crippen molar-refractivity contribution < 1.29 is 24.1 Å². The first kappa shape index (κ1) is 14.3. The lowest BCUT2D eigenvalue weighted by molar-refractivity contribution is -0.157. The number of ether oxygens (including phenoxy) is 1. The van der Waals surface area contributed by atoms with E-state index in [-0.39, 0.29) is 12.4 Å². The van der Waals surface area contributed by atoms with Gasteiger partial charge < -0.3 is 14.9 Å². The second-order valence-corrected chi connectivity index (χ2v) is 3.60. The Bertz CT molecular complexity index is 414. The number of carbonyl (C=O) groups is 1. The number of halogens is 1. The second-order valence-electron chi connectivity index (χ2n) is 3.60. The number of esters is 1. The standard InChI is InChI=1S/C13H15FO4/c1-2-18-13(17)12(16)11(15)8-5-9-3-6-10(14)7-4-9/h3-8,11-12,15-16H,2H2,1H3/b8-5+/t11-,12+/m1/s1. The van der Waals surface area contributed by atoms with Crippen LogP contribution in [0.3, 0.4) is 0 Å². The first-order chi connectivity index (χ1) is 8.54. The molecule has 1 rings (SSSR count). The predicted octanol–water partition coefficient (Wildman–Crippen LogP) is 1.12. The minimum absolute atomic E-state index is 0.129. The lowest BCUT2D eigenvalue weighted by Crippen LogP contribution is -2.34. The van der Waals surface area contributed by atoms with Gasteiger partial charge in [-0.05, 0) is 24.6 Å². The Morgan fingerprint density at radius 2 is 2.00 bits per heavy atom. The van der Waals surface area contributed by atoms with Crippen LogP contribution >= 0.6 is 0 Å². The third kappa shape index (κ3) is 4.27. The lowest BCUT2D eigenvalue weighted by Gasteiger charge is -2.12. The van der Waals surface area contributed by atoms with Crippen molar-refractivity contribution in [1.82, 2.24) is 0 Å². The molecule has 0 radical (unpaired) electrons. The molecule has 0 unspecified atom stereocenters. The highest BCUT2D eigenvalue weighted by molar-refractivity contribution is 5.75. The largest absolute Gasteiger partial charge is 0.464 e. The Labute approximate surface area is 104 Å². The molecule has 0 aromatic heterocycles. The minimum atomic E-state index is -1.62. The molecule has 18 heavy (non-hydrogen) atoms. The van der Waals surface area contributed by atoms with E-state index in [9.17, 15) is 19.4 Å². The molecule has 98 valence electrons. The van der Waals surface area contributed by atoms with Gasteiger partial charge >= 0.3 is 5.97 Å². The Morgan fingerprint density at radius 3 is 2.56 bits per heavy atom. The van der Waals surface area contributed by atoms with Crippen molar-refractivity contribution in [2.75, 3.05) is 6.61 Å². The molecule has 0 spiro atoms. The molecule has 0 fully saturated rings. The van der Waals surface area contributed by atoms with E-state index in [4.69, 9.17) is 0 Å². The van der Waals surface area contributed by atoms with Gasteiger partial charge in [-0.2, -0.15) is 0 Å². The zero-order valence-electron chi connectivity index (χ0n) is 9.91. The summed E-state index contributed by atoms with van der Waals surface area (Å²) in [6.07, 6.45) is -0.266. The fraction of sp³-hybridized carbons (Fsp3) is 0.308. The fourth-order valence-corrected chi connectivity index (χ4v) is 1.26. The Morgan fingerprint density at radius 1 is 1.39 bits per heavy atom. The fourth-order valence-electron chi connectivity index (χ4n) is 1.26. The number of aliphatic hydroxyl groups is 2. The van der Waals surface area contributed by atoms with Crippen LogP contribution in [0, 0.1) is 5.82 Å². The Balaban J connectivity index is 2.60. The molecule has 1 aromatic rings.